The zero-order valence-electron chi connectivity index (χ0n) is 18.9. The van der Waals surface area contributed by atoms with Crippen LogP contribution >= 0.6 is 12.2 Å². The van der Waals surface area contributed by atoms with Gasteiger partial charge < -0.3 is 15.0 Å². The summed E-state index contributed by atoms with van der Waals surface area (Å²) in [5.74, 6) is 1.44. The zero-order chi connectivity index (χ0) is 23.1. The molecule has 2 aromatic rings. The van der Waals surface area contributed by atoms with E-state index in [2.05, 4.69) is 31.4 Å². The minimum Gasteiger partial charge on any atom is -0.493 e. The van der Waals surface area contributed by atoms with Crippen molar-refractivity contribution in [3.63, 3.8) is 0 Å². The summed E-state index contributed by atoms with van der Waals surface area (Å²) in [4.78, 5) is 27.5. The number of nitrogens with one attached hydrogen (secondary N) is 2. The zero-order valence-corrected chi connectivity index (χ0v) is 19.7. The van der Waals surface area contributed by atoms with Gasteiger partial charge in [-0.25, -0.2) is 0 Å². The second kappa shape index (κ2) is 11.1. The van der Waals surface area contributed by atoms with Gasteiger partial charge in [0.15, 0.2) is 5.11 Å². The molecule has 170 valence electrons. The van der Waals surface area contributed by atoms with Crippen molar-refractivity contribution in [3.8, 4) is 5.75 Å². The molecule has 0 aromatic heterocycles. The fourth-order valence-corrected chi connectivity index (χ4v) is 3.66. The first-order valence-corrected chi connectivity index (χ1v) is 11.5. The number of rotatable bonds is 6. The number of hydrogen-bond donors (Lipinski definition) is 2. The van der Waals surface area contributed by atoms with Crippen LogP contribution in [0.4, 0.5) is 5.69 Å². The van der Waals surface area contributed by atoms with Crippen molar-refractivity contribution in [2.45, 2.75) is 33.6 Å². The Hall–Kier alpha value is -2.93. The number of amides is 2. The van der Waals surface area contributed by atoms with E-state index in [1.54, 1.807) is 36.4 Å². The molecule has 7 heteroatoms. The van der Waals surface area contributed by atoms with Crippen LogP contribution in [0.15, 0.2) is 48.5 Å². The number of anilines is 1. The minimum absolute atomic E-state index is 0.0221. The SMILES string of the molecule is CC(C)COc1ccc(C(=O)NC(=S)Nc2ccccc2C(=O)N2CCC(C)CC2)cc1. The average Bonchev–Trinajstić information content (AvgIpc) is 2.78. The molecule has 1 saturated heterocycles. The lowest BCUT2D eigenvalue weighted by Gasteiger charge is -2.30. The fraction of sp³-hybridized carbons (Fsp3) is 0.400. The molecule has 1 heterocycles. The lowest BCUT2D eigenvalue weighted by molar-refractivity contribution is 0.0698. The number of benzene rings is 2. The molecule has 2 N–H and O–H groups in total. The van der Waals surface area contributed by atoms with Gasteiger partial charge in [-0.15, -0.1) is 0 Å². The van der Waals surface area contributed by atoms with Crippen molar-refractivity contribution < 1.29 is 14.3 Å². The Morgan fingerprint density at radius 1 is 1.09 bits per heavy atom. The number of thiocarbonyl (C=S) groups is 1. The van der Waals surface area contributed by atoms with Gasteiger partial charge in [0, 0.05) is 18.7 Å². The quantitative estimate of drug-likeness (QED) is 0.620. The van der Waals surface area contributed by atoms with E-state index in [4.69, 9.17) is 17.0 Å². The first kappa shape index (κ1) is 23.7. The first-order chi connectivity index (χ1) is 15.3. The van der Waals surface area contributed by atoms with Gasteiger partial charge in [0.2, 0.25) is 0 Å². The number of para-hydroxylation sites is 1. The molecule has 1 aliphatic rings. The predicted octanol–water partition coefficient (Wildman–Crippen LogP) is 4.72. The molecule has 0 atom stereocenters. The summed E-state index contributed by atoms with van der Waals surface area (Å²) in [5.41, 5.74) is 1.60. The van der Waals surface area contributed by atoms with Crippen molar-refractivity contribution >= 4 is 34.8 Å². The molecule has 6 nitrogen and oxygen atoms in total. The smallest absolute Gasteiger partial charge is 0.257 e. The standard InChI is InChI=1S/C25H31N3O3S/c1-17(2)16-31-20-10-8-19(9-11-20)23(29)27-25(32)26-22-7-5-4-6-21(22)24(30)28-14-12-18(3)13-15-28/h4-11,17-18H,12-16H2,1-3H3,(H2,26,27,29,32). The number of carbonyl (C=O) groups excluding carboxylic acids is 2. The molecular weight excluding hydrogens is 422 g/mol. The minimum atomic E-state index is -0.327. The van der Waals surface area contributed by atoms with Crippen molar-refractivity contribution in [1.82, 2.24) is 10.2 Å². The van der Waals surface area contributed by atoms with Crippen LogP contribution in [0.25, 0.3) is 0 Å². The van der Waals surface area contributed by atoms with Gasteiger partial charge >= 0.3 is 0 Å². The molecule has 2 aromatic carbocycles. The highest BCUT2D eigenvalue weighted by Crippen LogP contribution is 2.22. The van der Waals surface area contributed by atoms with Crippen LogP contribution in [0, 0.1) is 11.8 Å². The Kier molecular flexibility index (Phi) is 8.22. The molecule has 3 rings (SSSR count). The van der Waals surface area contributed by atoms with Crippen molar-refractivity contribution in [3.05, 3.63) is 59.7 Å². The summed E-state index contributed by atoms with van der Waals surface area (Å²) in [6.45, 7) is 8.50. The van der Waals surface area contributed by atoms with E-state index >= 15 is 0 Å². The molecule has 0 bridgehead atoms. The molecule has 0 aliphatic carbocycles. The van der Waals surface area contributed by atoms with E-state index in [1.807, 2.05) is 17.0 Å². The van der Waals surface area contributed by atoms with E-state index in [9.17, 15) is 9.59 Å². The van der Waals surface area contributed by atoms with Gasteiger partial charge in [-0.3, -0.25) is 14.9 Å². The maximum absolute atomic E-state index is 13.0. The Labute approximate surface area is 195 Å². The van der Waals surface area contributed by atoms with E-state index < -0.39 is 0 Å². The molecular formula is C25H31N3O3S. The Bertz CT molecular complexity index is 951. The van der Waals surface area contributed by atoms with Crippen LogP contribution in [0.3, 0.4) is 0 Å². The van der Waals surface area contributed by atoms with Crippen LogP contribution in [0.5, 0.6) is 5.75 Å². The normalized spacial score (nSPS) is 14.2. The largest absolute Gasteiger partial charge is 0.493 e. The molecule has 0 saturated carbocycles. The Morgan fingerprint density at radius 2 is 1.75 bits per heavy atom. The highest BCUT2D eigenvalue weighted by atomic mass is 32.1. The van der Waals surface area contributed by atoms with Crippen molar-refractivity contribution in [2.24, 2.45) is 11.8 Å². The maximum Gasteiger partial charge on any atom is 0.257 e. The number of hydrogen-bond acceptors (Lipinski definition) is 4. The van der Waals surface area contributed by atoms with Crippen molar-refractivity contribution in [1.29, 1.82) is 0 Å². The molecule has 0 spiro atoms. The van der Waals surface area contributed by atoms with Gasteiger partial charge in [-0.05, 0) is 73.3 Å². The predicted molar refractivity (Wildman–Crippen MR) is 131 cm³/mol. The third-order valence-corrected chi connectivity index (χ3v) is 5.61. The molecule has 1 fully saturated rings. The average molecular weight is 454 g/mol. The maximum atomic E-state index is 13.0. The second-order valence-corrected chi connectivity index (χ2v) is 9.07. The van der Waals surface area contributed by atoms with E-state index in [1.165, 1.54) is 0 Å². The van der Waals surface area contributed by atoms with Crippen LogP contribution in [-0.2, 0) is 0 Å². The van der Waals surface area contributed by atoms with E-state index in [0.29, 0.717) is 35.3 Å². The number of ether oxygens (including phenoxy) is 1. The van der Waals surface area contributed by atoms with Crippen molar-refractivity contribution in [2.75, 3.05) is 25.0 Å². The van der Waals surface area contributed by atoms with E-state index in [-0.39, 0.29) is 16.9 Å². The van der Waals surface area contributed by atoms with Crippen LogP contribution in [0.2, 0.25) is 0 Å². The van der Waals surface area contributed by atoms with Gasteiger partial charge in [0.05, 0.1) is 17.9 Å². The molecule has 0 unspecified atom stereocenters. The lowest BCUT2D eigenvalue weighted by Crippen LogP contribution is -2.39. The molecule has 2 amide bonds. The monoisotopic (exact) mass is 453 g/mol. The number of carbonyl (C=O) groups is 2. The van der Waals surface area contributed by atoms with Crippen LogP contribution in [0.1, 0.15) is 54.3 Å². The molecule has 32 heavy (non-hydrogen) atoms. The van der Waals surface area contributed by atoms with E-state index in [0.717, 1.165) is 31.7 Å². The first-order valence-electron chi connectivity index (χ1n) is 11.1. The number of likely N-dealkylation sites (tertiary alicyclic amines) is 1. The fourth-order valence-electron chi connectivity index (χ4n) is 3.45. The molecule has 1 aliphatic heterocycles. The summed E-state index contributed by atoms with van der Waals surface area (Å²) in [6, 6.07) is 14.2. The number of nitrogens with zero attached hydrogens (tertiary/aromatic N) is 1. The number of piperidine rings is 1. The topological polar surface area (TPSA) is 70.7 Å². The third-order valence-electron chi connectivity index (χ3n) is 5.40. The summed E-state index contributed by atoms with van der Waals surface area (Å²) < 4.78 is 5.65. The molecule has 0 radical (unpaired) electrons. The Balaban J connectivity index is 1.60. The summed E-state index contributed by atoms with van der Waals surface area (Å²) in [6.07, 6.45) is 2.02. The van der Waals surface area contributed by atoms with Gasteiger partial charge in [0.25, 0.3) is 11.8 Å². The van der Waals surface area contributed by atoms with Gasteiger partial charge in [-0.1, -0.05) is 32.9 Å². The van der Waals surface area contributed by atoms with Crippen LogP contribution in [-0.4, -0.2) is 41.5 Å². The Morgan fingerprint density at radius 3 is 2.41 bits per heavy atom. The highest BCUT2D eigenvalue weighted by molar-refractivity contribution is 7.80. The van der Waals surface area contributed by atoms with Gasteiger partial charge in [-0.2, -0.15) is 0 Å². The summed E-state index contributed by atoms with van der Waals surface area (Å²) in [7, 11) is 0. The second-order valence-electron chi connectivity index (χ2n) is 8.66. The summed E-state index contributed by atoms with van der Waals surface area (Å²) in [5, 5.41) is 5.83. The third kappa shape index (κ3) is 6.53. The summed E-state index contributed by atoms with van der Waals surface area (Å²) >= 11 is 5.33. The lowest BCUT2D eigenvalue weighted by atomic mass is 9.98. The van der Waals surface area contributed by atoms with Crippen LogP contribution < -0.4 is 15.4 Å². The van der Waals surface area contributed by atoms with Gasteiger partial charge in [0.1, 0.15) is 5.75 Å². The highest BCUT2D eigenvalue weighted by Gasteiger charge is 2.23.